The molecule has 1 atom stereocenters. The highest BCUT2D eigenvalue weighted by atomic mass is 32.2. The second-order valence-corrected chi connectivity index (χ2v) is 6.75. The SMILES string of the molecule is CC1CCC(CN)(C(=O)NCCS(C)=O)CC1. The molecule has 1 aliphatic carbocycles. The highest BCUT2D eigenvalue weighted by Gasteiger charge is 2.39. The third-order valence-electron chi connectivity index (χ3n) is 3.78. The van der Waals surface area contributed by atoms with Gasteiger partial charge in [-0.05, 0) is 31.6 Å². The lowest BCUT2D eigenvalue weighted by Crippen LogP contribution is -2.48. The molecule has 0 spiro atoms. The van der Waals surface area contributed by atoms with Gasteiger partial charge in [0.2, 0.25) is 5.91 Å². The van der Waals surface area contributed by atoms with Gasteiger partial charge in [0.1, 0.15) is 0 Å². The molecule has 1 unspecified atom stereocenters. The molecule has 0 aromatic carbocycles. The van der Waals surface area contributed by atoms with Crippen molar-refractivity contribution in [2.24, 2.45) is 17.1 Å². The highest BCUT2D eigenvalue weighted by Crippen LogP contribution is 2.38. The smallest absolute Gasteiger partial charge is 0.227 e. The fourth-order valence-corrected chi connectivity index (χ4v) is 2.72. The van der Waals surface area contributed by atoms with E-state index in [0.29, 0.717) is 24.8 Å². The van der Waals surface area contributed by atoms with Crippen LogP contribution in [-0.4, -0.2) is 35.2 Å². The van der Waals surface area contributed by atoms with Crippen molar-refractivity contribution in [1.82, 2.24) is 5.32 Å². The third-order valence-corrected chi connectivity index (χ3v) is 4.56. The van der Waals surface area contributed by atoms with E-state index in [-0.39, 0.29) is 11.3 Å². The molecule has 0 heterocycles. The van der Waals surface area contributed by atoms with E-state index in [0.717, 1.165) is 25.7 Å². The molecule has 0 aromatic heterocycles. The molecule has 0 bridgehead atoms. The van der Waals surface area contributed by atoms with Crippen LogP contribution < -0.4 is 11.1 Å². The normalized spacial score (nSPS) is 30.9. The van der Waals surface area contributed by atoms with Gasteiger partial charge in [0, 0.05) is 35.9 Å². The quantitative estimate of drug-likeness (QED) is 0.762. The van der Waals surface area contributed by atoms with Gasteiger partial charge in [0.05, 0.1) is 5.41 Å². The predicted molar refractivity (Wildman–Crippen MR) is 71.1 cm³/mol. The summed E-state index contributed by atoms with van der Waals surface area (Å²) in [4.78, 5) is 12.1. The van der Waals surface area contributed by atoms with Crippen LogP contribution in [0.25, 0.3) is 0 Å². The van der Waals surface area contributed by atoms with Gasteiger partial charge in [-0.25, -0.2) is 0 Å². The average molecular weight is 260 g/mol. The van der Waals surface area contributed by atoms with Crippen molar-refractivity contribution in [2.45, 2.75) is 32.6 Å². The maximum atomic E-state index is 12.1. The molecule has 0 radical (unpaired) electrons. The first-order valence-electron chi connectivity index (χ1n) is 6.28. The van der Waals surface area contributed by atoms with E-state index in [1.54, 1.807) is 6.26 Å². The molecule has 3 N–H and O–H groups in total. The van der Waals surface area contributed by atoms with Crippen molar-refractivity contribution >= 4 is 16.7 Å². The molecular formula is C12H24N2O2S. The first kappa shape index (κ1) is 14.6. The van der Waals surface area contributed by atoms with E-state index in [1.807, 2.05) is 0 Å². The van der Waals surface area contributed by atoms with Crippen LogP contribution in [0.5, 0.6) is 0 Å². The molecule has 0 saturated heterocycles. The van der Waals surface area contributed by atoms with Crippen molar-refractivity contribution in [3.8, 4) is 0 Å². The molecule has 4 nitrogen and oxygen atoms in total. The number of hydrogen-bond acceptors (Lipinski definition) is 3. The van der Waals surface area contributed by atoms with Crippen molar-refractivity contribution < 1.29 is 9.00 Å². The van der Waals surface area contributed by atoms with Crippen molar-refractivity contribution in [2.75, 3.05) is 25.1 Å². The summed E-state index contributed by atoms with van der Waals surface area (Å²) in [5.74, 6) is 1.27. The van der Waals surface area contributed by atoms with E-state index < -0.39 is 10.8 Å². The first-order valence-corrected chi connectivity index (χ1v) is 8.01. The molecule has 0 aromatic rings. The molecule has 1 amide bonds. The number of rotatable bonds is 5. The van der Waals surface area contributed by atoms with E-state index in [1.165, 1.54) is 0 Å². The van der Waals surface area contributed by atoms with Crippen molar-refractivity contribution in [1.29, 1.82) is 0 Å². The lowest BCUT2D eigenvalue weighted by Gasteiger charge is -2.37. The van der Waals surface area contributed by atoms with Gasteiger partial charge < -0.3 is 11.1 Å². The molecule has 100 valence electrons. The molecule has 0 aliphatic heterocycles. The summed E-state index contributed by atoms with van der Waals surface area (Å²) < 4.78 is 10.9. The third kappa shape index (κ3) is 4.07. The van der Waals surface area contributed by atoms with Gasteiger partial charge in [0.15, 0.2) is 0 Å². The Hall–Kier alpha value is -0.420. The second-order valence-electron chi connectivity index (χ2n) is 5.20. The summed E-state index contributed by atoms with van der Waals surface area (Å²) >= 11 is 0. The van der Waals surface area contributed by atoms with Crippen LogP contribution in [0.2, 0.25) is 0 Å². The van der Waals surface area contributed by atoms with Gasteiger partial charge in [-0.15, -0.1) is 0 Å². The molecule has 5 heteroatoms. The maximum absolute atomic E-state index is 12.1. The van der Waals surface area contributed by atoms with E-state index in [2.05, 4.69) is 12.2 Å². The Morgan fingerprint density at radius 1 is 1.47 bits per heavy atom. The molecule has 17 heavy (non-hydrogen) atoms. The van der Waals surface area contributed by atoms with Gasteiger partial charge in [-0.1, -0.05) is 6.92 Å². The molecule has 1 rings (SSSR count). The van der Waals surface area contributed by atoms with E-state index >= 15 is 0 Å². The Morgan fingerprint density at radius 3 is 2.53 bits per heavy atom. The fourth-order valence-electron chi connectivity index (χ4n) is 2.33. The second kappa shape index (κ2) is 6.50. The zero-order valence-electron chi connectivity index (χ0n) is 10.8. The van der Waals surface area contributed by atoms with Crippen molar-refractivity contribution in [3.05, 3.63) is 0 Å². The van der Waals surface area contributed by atoms with Gasteiger partial charge in [0.25, 0.3) is 0 Å². The number of hydrogen-bond donors (Lipinski definition) is 2. The highest BCUT2D eigenvalue weighted by molar-refractivity contribution is 7.84. The molecule has 1 aliphatic rings. The average Bonchev–Trinajstić information content (AvgIpc) is 2.30. The Bertz CT molecular complexity index is 286. The van der Waals surface area contributed by atoms with Crippen LogP contribution in [0, 0.1) is 11.3 Å². The number of nitrogens with two attached hydrogens (primary N) is 1. The lowest BCUT2D eigenvalue weighted by atomic mass is 9.70. The molecular weight excluding hydrogens is 236 g/mol. The fraction of sp³-hybridized carbons (Fsp3) is 0.917. The van der Waals surface area contributed by atoms with Crippen LogP contribution in [0.1, 0.15) is 32.6 Å². The Labute approximate surface area is 106 Å². The minimum atomic E-state index is -0.854. The van der Waals surface area contributed by atoms with Crippen LogP contribution in [-0.2, 0) is 15.6 Å². The maximum Gasteiger partial charge on any atom is 0.227 e. The number of amides is 1. The van der Waals surface area contributed by atoms with E-state index in [9.17, 15) is 9.00 Å². The zero-order chi connectivity index (χ0) is 12.9. The minimum Gasteiger partial charge on any atom is -0.355 e. The van der Waals surface area contributed by atoms with Crippen LogP contribution in [0.15, 0.2) is 0 Å². The number of nitrogens with one attached hydrogen (secondary N) is 1. The van der Waals surface area contributed by atoms with Gasteiger partial charge >= 0.3 is 0 Å². The summed E-state index contributed by atoms with van der Waals surface area (Å²) in [7, 11) is -0.854. The van der Waals surface area contributed by atoms with E-state index in [4.69, 9.17) is 5.73 Å². The number of carbonyl (C=O) groups excluding carboxylic acids is 1. The largest absolute Gasteiger partial charge is 0.355 e. The van der Waals surface area contributed by atoms with Crippen LogP contribution in [0.3, 0.4) is 0 Å². The Kier molecular flexibility index (Phi) is 5.59. The van der Waals surface area contributed by atoms with Gasteiger partial charge in [-0.2, -0.15) is 0 Å². The zero-order valence-corrected chi connectivity index (χ0v) is 11.6. The summed E-state index contributed by atoms with van der Waals surface area (Å²) in [6, 6.07) is 0. The summed E-state index contributed by atoms with van der Waals surface area (Å²) in [6.45, 7) is 3.12. The Morgan fingerprint density at radius 2 is 2.06 bits per heavy atom. The summed E-state index contributed by atoms with van der Waals surface area (Å²) in [5.41, 5.74) is 5.42. The minimum absolute atomic E-state index is 0.0531. The Balaban J connectivity index is 2.48. The lowest BCUT2D eigenvalue weighted by molar-refractivity contribution is -0.132. The van der Waals surface area contributed by atoms with Crippen LogP contribution in [0.4, 0.5) is 0 Å². The van der Waals surface area contributed by atoms with Crippen molar-refractivity contribution in [3.63, 3.8) is 0 Å². The number of carbonyl (C=O) groups is 1. The van der Waals surface area contributed by atoms with Crippen LogP contribution >= 0.6 is 0 Å². The molecule has 1 saturated carbocycles. The topological polar surface area (TPSA) is 72.2 Å². The summed E-state index contributed by atoms with van der Waals surface area (Å²) in [6.07, 6.45) is 5.55. The monoisotopic (exact) mass is 260 g/mol. The predicted octanol–water partition coefficient (Wildman–Crippen LogP) is 0.636. The first-order chi connectivity index (χ1) is 8.00. The van der Waals surface area contributed by atoms with Gasteiger partial charge in [-0.3, -0.25) is 9.00 Å². The summed E-state index contributed by atoms with van der Waals surface area (Å²) in [5, 5.41) is 2.88. The standard InChI is InChI=1S/C12H24N2O2S/c1-10-3-5-12(9-13,6-4-10)11(15)14-7-8-17(2)16/h10H,3-9,13H2,1-2H3,(H,14,15). The molecule has 1 fully saturated rings.